The van der Waals surface area contributed by atoms with E-state index < -0.39 is 0 Å². The highest BCUT2D eigenvalue weighted by atomic mass is 16.3. The zero-order valence-electron chi connectivity index (χ0n) is 10.3. The van der Waals surface area contributed by atoms with Crippen molar-refractivity contribution in [2.24, 2.45) is 5.73 Å². The first-order chi connectivity index (χ1) is 9.35. The van der Waals surface area contributed by atoms with Gasteiger partial charge in [0.2, 0.25) is 0 Å². The second kappa shape index (κ2) is 4.97. The number of hydrogen-bond acceptors (Lipinski definition) is 3. The van der Waals surface area contributed by atoms with Gasteiger partial charge in [0, 0.05) is 12.1 Å². The fourth-order valence-corrected chi connectivity index (χ4v) is 1.78. The van der Waals surface area contributed by atoms with Gasteiger partial charge in [0.05, 0.1) is 0 Å². The molecule has 0 bridgehead atoms. The van der Waals surface area contributed by atoms with Crippen LogP contribution in [-0.4, -0.2) is 4.98 Å². The van der Waals surface area contributed by atoms with Crippen molar-refractivity contribution in [3.63, 3.8) is 0 Å². The lowest BCUT2D eigenvalue weighted by Crippen LogP contribution is -1.95. The van der Waals surface area contributed by atoms with Crippen molar-refractivity contribution in [3.05, 3.63) is 65.5 Å². The van der Waals surface area contributed by atoms with Gasteiger partial charge in [-0.25, -0.2) is 4.98 Å². The summed E-state index contributed by atoms with van der Waals surface area (Å²) in [6.07, 6.45) is 0. The summed E-state index contributed by atoms with van der Waals surface area (Å²) in [5.74, 6) is 6.39. The van der Waals surface area contributed by atoms with Crippen LogP contribution in [0.1, 0.15) is 17.0 Å². The number of oxazole rings is 1. The van der Waals surface area contributed by atoms with Crippen LogP contribution in [0.3, 0.4) is 0 Å². The van der Waals surface area contributed by atoms with Crippen LogP contribution < -0.4 is 5.73 Å². The second-order valence-corrected chi connectivity index (χ2v) is 4.14. The fourth-order valence-electron chi connectivity index (χ4n) is 1.78. The summed E-state index contributed by atoms with van der Waals surface area (Å²) >= 11 is 0. The number of rotatable bonds is 1. The van der Waals surface area contributed by atoms with E-state index in [9.17, 15) is 0 Å². The van der Waals surface area contributed by atoms with E-state index in [2.05, 4.69) is 16.8 Å². The first-order valence-corrected chi connectivity index (χ1v) is 6.02. The number of nitrogens with two attached hydrogens (primary N) is 1. The van der Waals surface area contributed by atoms with E-state index in [-0.39, 0.29) is 0 Å². The number of benzene rings is 2. The lowest BCUT2D eigenvalue weighted by molar-refractivity contribution is 0.586. The maximum Gasteiger partial charge on any atom is 0.274 e. The predicted octanol–water partition coefficient (Wildman–Crippen LogP) is 2.69. The van der Waals surface area contributed by atoms with Crippen molar-refractivity contribution in [2.45, 2.75) is 6.54 Å². The Morgan fingerprint density at radius 3 is 2.53 bits per heavy atom. The minimum Gasteiger partial charge on any atom is -0.430 e. The molecule has 0 radical (unpaired) electrons. The topological polar surface area (TPSA) is 52.0 Å². The molecule has 19 heavy (non-hydrogen) atoms. The van der Waals surface area contributed by atoms with Gasteiger partial charge in [-0.1, -0.05) is 30.2 Å². The van der Waals surface area contributed by atoms with Crippen LogP contribution in [0, 0.1) is 11.8 Å². The molecule has 0 spiro atoms. The molecule has 0 saturated heterocycles. The molecule has 1 aromatic heterocycles. The van der Waals surface area contributed by atoms with Gasteiger partial charge in [-0.05, 0) is 35.7 Å². The van der Waals surface area contributed by atoms with Gasteiger partial charge >= 0.3 is 0 Å². The molecule has 3 nitrogen and oxygen atoms in total. The van der Waals surface area contributed by atoms with Gasteiger partial charge in [-0.2, -0.15) is 0 Å². The molecule has 2 N–H and O–H groups in total. The molecule has 0 amide bonds. The molecule has 3 heteroatoms. The molecule has 0 aliphatic rings. The Labute approximate surface area is 111 Å². The molecule has 0 unspecified atom stereocenters. The average Bonchev–Trinajstić information content (AvgIpc) is 2.88. The Kier molecular flexibility index (Phi) is 3.01. The Hall–Kier alpha value is -2.57. The summed E-state index contributed by atoms with van der Waals surface area (Å²) in [4.78, 5) is 4.30. The van der Waals surface area contributed by atoms with Crippen LogP contribution in [0.15, 0.2) is 52.9 Å². The highest BCUT2D eigenvalue weighted by molar-refractivity contribution is 5.72. The van der Waals surface area contributed by atoms with Crippen LogP contribution in [0.2, 0.25) is 0 Å². The molecule has 0 atom stereocenters. The number of para-hydroxylation sites is 2. The number of aromatic nitrogens is 1. The smallest absolute Gasteiger partial charge is 0.274 e. The largest absolute Gasteiger partial charge is 0.430 e. The SMILES string of the molecule is NCc1ccc(C#Cc2nc3ccccc3o2)cc1. The Balaban J connectivity index is 1.89. The number of nitrogens with zero attached hydrogens (tertiary/aromatic N) is 1. The summed E-state index contributed by atoms with van der Waals surface area (Å²) < 4.78 is 5.53. The monoisotopic (exact) mass is 248 g/mol. The molecule has 1 heterocycles. The highest BCUT2D eigenvalue weighted by Crippen LogP contribution is 2.13. The van der Waals surface area contributed by atoms with E-state index in [1.165, 1.54) is 0 Å². The Bertz CT molecular complexity index is 728. The third-order valence-electron chi connectivity index (χ3n) is 2.80. The molecule has 0 fully saturated rings. The molecule has 0 saturated carbocycles. The first-order valence-electron chi connectivity index (χ1n) is 6.02. The number of fused-ring (bicyclic) bond motifs is 1. The van der Waals surface area contributed by atoms with E-state index in [1.807, 2.05) is 48.5 Å². The highest BCUT2D eigenvalue weighted by Gasteiger charge is 2.00. The molecule has 0 aliphatic carbocycles. The number of hydrogen-bond donors (Lipinski definition) is 1. The van der Waals surface area contributed by atoms with Crippen LogP contribution in [0.4, 0.5) is 0 Å². The van der Waals surface area contributed by atoms with Gasteiger partial charge in [-0.3, -0.25) is 0 Å². The van der Waals surface area contributed by atoms with E-state index >= 15 is 0 Å². The van der Waals surface area contributed by atoms with Gasteiger partial charge < -0.3 is 10.2 Å². The van der Waals surface area contributed by atoms with Gasteiger partial charge in [0.15, 0.2) is 5.58 Å². The first kappa shape index (κ1) is 11.5. The maximum atomic E-state index is 5.55. The van der Waals surface area contributed by atoms with E-state index in [4.69, 9.17) is 10.2 Å². The third kappa shape index (κ3) is 2.49. The predicted molar refractivity (Wildman–Crippen MR) is 74.3 cm³/mol. The van der Waals surface area contributed by atoms with Crippen molar-refractivity contribution >= 4 is 11.1 Å². The zero-order chi connectivity index (χ0) is 13.1. The van der Waals surface area contributed by atoms with Crippen molar-refractivity contribution in [3.8, 4) is 11.8 Å². The molecule has 92 valence electrons. The van der Waals surface area contributed by atoms with E-state index in [0.717, 1.165) is 22.2 Å². The van der Waals surface area contributed by atoms with Gasteiger partial charge in [0.25, 0.3) is 5.89 Å². The van der Waals surface area contributed by atoms with Crippen LogP contribution >= 0.6 is 0 Å². The summed E-state index contributed by atoms with van der Waals surface area (Å²) in [5.41, 5.74) is 9.13. The van der Waals surface area contributed by atoms with Crippen molar-refractivity contribution in [2.75, 3.05) is 0 Å². The second-order valence-electron chi connectivity index (χ2n) is 4.14. The van der Waals surface area contributed by atoms with Crippen molar-refractivity contribution in [1.29, 1.82) is 0 Å². The quantitative estimate of drug-likeness (QED) is 0.674. The summed E-state index contributed by atoms with van der Waals surface area (Å²) in [6, 6.07) is 15.4. The normalized spacial score (nSPS) is 10.2. The van der Waals surface area contributed by atoms with E-state index in [1.54, 1.807) is 0 Å². The van der Waals surface area contributed by atoms with Crippen LogP contribution in [0.5, 0.6) is 0 Å². The lowest BCUT2D eigenvalue weighted by Gasteiger charge is -1.94. The van der Waals surface area contributed by atoms with Gasteiger partial charge in [0.1, 0.15) is 5.52 Å². The lowest BCUT2D eigenvalue weighted by atomic mass is 10.1. The third-order valence-corrected chi connectivity index (χ3v) is 2.80. The zero-order valence-corrected chi connectivity index (χ0v) is 10.3. The Morgan fingerprint density at radius 2 is 1.79 bits per heavy atom. The van der Waals surface area contributed by atoms with Crippen molar-refractivity contribution in [1.82, 2.24) is 4.98 Å². The molecular formula is C16H12N2O. The molecule has 3 aromatic rings. The van der Waals surface area contributed by atoms with Gasteiger partial charge in [-0.15, -0.1) is 0 Å². The Morgan fingerprint density at radius 1 is 1.00 bits per heavy atom. The summed E-state index contributed by atoms with van der Waals surface area (Å²) in [6.45, 7) is 0.541. The fraction of sp³-hybridized carbons (Fsp3) is 0.0625. The summed E-state index contributed by atoms with van der Waals surface area (Å²) in [5, 5.41) is 0. The average molecular weight is 248 g/mol. The van der Waals surface area contributed by atoms with Crippen molar-refractivity contribution < 1.29 is 4.42 Å². The minimum absolute atomic E-state index is 0.434. The van der Waals surface area contributed by atoms with E-state index in [0.29, 0.717) is 12.4 Å². The van der Waals surface area contributed by atoms with Crippen LogP contribution in [-0.2, 0) is 6.54 Å². The standard InChI is InChI=1S/C16H12N2O/c17-11-13-7-5-12(6-8-13)9-10-16-18-14-3-1-2-4-15(14)19-16/h1-8H,11,17H2. The molecule has 2 aromatic carbocycles. The molecule has 0 aliphatic heterocycles. The summed E-state index contributed by atoms with van der Waals surface area (Å²) in [7, 11) is 0. The maximum absolute atomic E-state index is 5.55. The molecule has 3 rings (SSSR count). The molecular weight excluding hydrogens is 236 g/mol. The minimum atomic E-state index is 0.434. The van der Waals surface area contributed by atoms with Crippen LogP contribution in [0.25, 0.3) is 11.1 Å².